The van der Waals surface area contributed by atoms with Crippen molar-refractivity contribution in [2.45, 2.75) is 0 Å². The minimum Gasteiger partial charge on any atom is -0.443 e. The molecule has 0 saturated carbocycles. The van der Waals surface area contributed by atoms with E-state index >= 15 is 0 Å². The Balaban J connectivity index is 2.40. The van der Waals surface area contributed by atoms with E-state index in [0.717, 1.165) is 0 Å². The zero-order chi connectivity index (χ0) is 11.5. The molecule has 0 amide bonds. The number of hydrogen-bond donors (Lipinski definition) is 0. The summed E-state index contributed by atoms with van der Waals surface area (Å²) in [4.78, 5) is 17.7. The summed E-state index contributed by atoms with van der Waals surface area (Å²) in [7, 11) is 3.72. The van der Waals surface area contributed by atoms with Gasteiger partial charge in [-0.15, -0.1) is 0 Å². The Kier molecular flexibility index (Phi) is 2.72. The number of nitrogens with zero attached hydrogens (tertiary/aromatic N) is 2. The van der Waals surface area contributed by atoms with Gasteiger partial charge in [0, 0.05) is 26.4 Å². The van der Waals surface area contributed by atoms with Gasteiger partial charge in [-0.25, -0.2) is 4.98 Å². The van der Waals surface area contributed by atoms with E-state index in [0.29, 0.717) is 16.7 Å². The van der Waals surface area contributed by atoms with Crippen LogP contribution in [0.15, 0.2) is 41.3 Å². The maximum Gasteiger partial charge on any atom is 0.191 e. The molecule has 1 aromatic heterocycles. The van der Waals surface area contributed by atoms with Crippen LogP contribution in [-0.2, 0) is 0 Å². The Morgan fingerprint density at radius 1 is 1.44 bits per heavy atom. The summed E-state index contributed by atoms with van der Waals surface area (Å²) >= 11 is 0. The molecule has 4 heteroatoms. The molecule has 0 aliphatic rings. The Hall–Kier alpha value is -2.10. The maximum atomic E-state index is 11.9. The first-order valence-electron chi connectivity index (χ1n) is 4.89. The van der Waals surface area contributed by atoms with Gasteiger partial charge in [0.25, 0.3) is 0 Å². The van der Waals surface area contributed by atoms with E-state index in [2.05, 4.69) is 4.98 Å². The summed E-state index contributed by atoms with van der Waals surface area (Å²) in [6.45, 7) is 0. The van der Waals surface area contributed by atoms with Gasteiger partial charge in [0.2, 0.25) is 0 Å². The number of rotatable bonds is 3. The molecule has 16 heavy (non-hydrogen) atoms. The third-order valence-corrected chi connectivity index (χ3v) is 2.15. The van der Waals surface area contributed by atoms with Crippen molar-refractivity contribution < 1.29 is 9.21 Å². The molecule has 0 atom stereocenters. The molecule has 0 spiro atoms. The molecule has 0 radical (unpaired) electrons. The highest BCUT2D eigenvalue weighted by Gasteiger charge is 2.10. The van der Waals surface area contributed by atoms with E-state index in [-0.39, 0.29) is 5.78 Å². The molecule has 82 valence electrons. The summed E-state index contributed by atoms with van der Waals surface area (Å²) in [5.41, 5.74) is 1.77. The summed E-state index contributed by atoms with van der Waals surface area (Å²) in [5.74, 6) is -0.0870. The third kappa shape index (κ3) is 1.95. The highest BCUT2D eigenvalue weighted by atomic mass is 16.3. The monoisotopic (exact) mass is 216 g/mol. The van der Waals surface area contributed by atoms with Gasteiger partial charge in [-0.2, -0.15) is 0 Å². The van der Waals surface area contributed by atoms with Crippen LogP contribution in [0.5, 0.6) is 0 Å². The molecule has 1 heterocycles. The first-order valence-corrected chi connectivity index (χ1v) is 4.89. The number of ketones is 1. The average Bonchev–Trinajstić information content (AvgIpc) is 2.73. The lowest BCUT2D eigenvalue weighted by Gasteiger charge is -2.02. The smallest absolute Gasteiger partial charge is 0.191 e. The molecule has 0 bridgehead atoms. The van der Waals surface area contributed by atoms with Crippen molar-refractivity contribution in [1.82, 2.24) is 9.88 Å². The van der Waals surface area contributed by atoms with Crippen LogP contribution in [0.3, 0.4) is 0 Å². The van der Waals surface area contributed by atoms with Crippen molar-refractivity contribution in [3.63, 3.8) is 0 Å². The number of hydrogen-bond acceptors (Lipinski definition) is 4. The second-order valence-corrected chi connectivity index (χ2v) is 3.65. The fourth-order valence-electron chi connectivity index (χ4n) is 1.39. The zero-order valence-electron chi connectivity index (χ0n) is 9.18. The second-order valence-electron chi connectivity index (χ2n) is 3.65. The summed E-state index contributed by atoms with van der Waals surface area (Å²) in [5, 5.41) is 0. The molecule has 1 aromatic carbocycles. The van der Waals surface area contributed by atoms with Gasteiger partial charge in [-0.3, -0.25) is 4.79 Å². The zero-order valence-corrected chi connectivity index (χ0v) is 9.18. The molecule has 0 fully saturated rings. The van der Waals surface area contributed by atoms with Crippen molar-refractivity contribution in [2.75, 3.05) is 14.1 Å². The highest BCUT2D eigenvalue weighted by molar-refractivity contribution is 6.11. The van der Waals surface area contributed by atoms with Crippen molar-refractivity contribution >= 4 is 16.9 Å². The van der Waals surface area contributed by atoms with Crippen LogP contribution >= 0.6 is 0 Å². The molecular formula is C12H12N2O2. The van der Waals surface area contributed by atoms with E-state index < -0.39 is 0 Å². The summed E-state index contributed by atoms with van der Waals surface area (Å²) in [6, 6.07) is 5.34. The number of allylic oxidation sites excluding steroid dienone is 1. The average molecular weight is 216 g/mol. The van der Waals surface area contributed by atoms with Crippen molar-refractivity contribution in [3.05, 3.63) is 42.4 Å². The second kappa shape index (κ2) is 4.18. The minimum absolute atomic E-state index is 0.0870. The van der Waals surface area contributed by atoms with E-state index in [9.17, 15) is 4.79 Å². The SMILES string of the molecule is CN(C)/C=C/C(=O)c1cccc2ncoc12. The standard InChI is InChI=1S/C12H12N2O2/c1-14(2)7-6-11(15)9-4-3-5-10-12(9)16-8-13-10/h3-8H,1-2H3/b7-6+. The predicted octanol–water partition coefficient (Wildman–Crippen LogP) is 2.09. The van der Waals surface area contributed by atoms with Crippen LogP contribution in [0, 0.1) is 0 Å². The number of carbonyl (C=O) groups is 1. The quantitative estimate of drug-likeness (QED) is 0.582. The fourth-order valence-corrected chi connectivity index (χ4v) is 1.39. The molecule has 0 saturated heterocycles. The Labute approximate surface area is 93.2 Å². The van der Waals surface area contributed by atoms with E-state index in [1.165, 1.54) is 12.5 Å². The van der Waals surface area contributed by atoms with Crippen LogP contribution in [0.2, 0.25) is 0 Å². The number of aromatic nitrogens is 1. The predicted molar refractivity (Wildman–Crippen MR) is 61.2 cm³/mol. The lowest BCUT2D eigenvalue weighted by atomic mass is 10.1. The van der Waals surface area contributed by atoms with Crippen LogP contribution < -0.4 is 0 Å². The van der Waals surface area contributed by atoms with Crippen molar-refractivity contribution in [3.8, 4) is 0 Å². The molecule has 0 N–H and O–H groups in total. The lowest BCUT2D eigenvalue weighted by Crippen LogP contribution is -2.03. The van der Waals surface area contributed by atoms with E-state index in [1.54, 1.807) is 23.2 Å². The first-order chi connectivity index (χ1) is 7.68. The van der Waals surface area contributed by atoms with Crippen molar-refractivity contribution in [1.29, 1.82) is 0 Å². The van der Waals surface area contributed by atoms with E-state index in [1.807, 2.05) is 20.2 Å². The number of para-hydroxylation sites is 1. The number of benzene rings is 1. The Morgan fingerprint density at radius 3 is 3.00 bits per heavy atom. The molecule has 0 aliphatic carbocycles. The van der Waals surface area contributed by atoms with Gasteiger partial charge in [-0.05, 0) is 12.1 Å². The van der Waals surface area contributed by atoms with Gasteiger partial charge in [0.05, 0.1) is 5.56 Å². The maximum absolute atomic E-state index is 11.9. The topological polar surface area (TPSA) is 46.3 Å². The highest BCUT2D eigenvalue weighted by Crippen LogP contribution is 2.18. The normalized spacial score (nSPS) is 11.1. The number of oxazole rings is 1. The van der Waals surface area contributed by atoms with Gasteiger partial charge < -0.3 is 9.32 Å². The third-order valence-electron chi connectivity index (χ3n) is 2.15. The minimum atomic E-state index is -0.0870. The van der Waals surface area contributed by atoms with Gasteiger partial charge in [0.15, 0.2) is 17.8 Å². The van der Waals surface area contributed by atoms with Gasteiger partial charge in [-0.1, -0.05) is 6.07 Å². The molecule has 2 rings (SSSR count). The summed E-state index contributed by atoms with van der Waals surface area (Å²) in [6.07, 6.45) is 4.56. The molecule has 0 aliphatic heterocycles. The number of fused-ring (bicyclic) bond motifs is 1. The Morgan fingerprint density at radius 2 is 2.25 bits per heavy atom. The van der Waals surface area contributed by atoms with Crippen LogP contribution in [0.4, 0.5) is 0 Å². The van der Waals surface area contributed by atoms with Crippen LogP contribution in [0.1, 0.15) is 10.4 Å². The Bertz CT molecular complexity index is 541. The lowest BCUT2D eigenvalue weighted by molar-refractivity contribution is 0.104. The molecule has 4 nitrogen and oxygen atoms in total. The number of carbonyl (C=O) groups excluding carboxylic acids is 1. The van der Waals surface area contributed by atoms with Crippen LogP contribution in [-0.4, -0.2) is 29.8 Å². The van der Waals surface area contributed by atoms with Crippen molar-refractivity contribution in [2.24, 2.45) is 0 Å². The first kappa shape index (κ1) is 10.4. The summed E-state index contributed by atoms with van der Waals surface area (Å²) < 4.78 is 5.20. The fraction of sp³-hybridized carbons (Fsp3) is 0.167. The molecule has 2 aromatic rings. The van der Waals surface area contributed by atoms with Crippen LogP contribution in [0.25, 0.3) is 11.1 Å². The molecular weight excluding hydrogens is 204 g/mol. The largest absolute Gasteiger partial charge is 0.443 e. The molecule has 0 unspecified atom stereocenters. The van der Waals surface area contributed by atoms with Gasteiger partial charge in [0.1, 0.15) is 5.52 Å². The van der Waals surface area contributed by atoms with E-state index in [4.69, 9.17) is 4.42 Å². The van der Waals surface area contributed by atoms with Gasteiger partial charge >= 0.3 is 0 Å².